The number of nitro groups is 1. The highest BCUT2D eigenvalue weighted by atomic mass is 16.6. The number of amides is 1. The summed E-state index contributed by atoms with van der Waals surface area (Å²) in [6, 6.07) is 2.30. The van der Waals surface area contributed by atoms with Gasteiger partial charge in [-0.1, -0.05) is 0 Å². The second-order valence-corrected chi connectivity index (χ2v) is 2.95. The van der Waals surface area contributed by atoms with Gasteiger partial charge in [-0.3, -0.25) is 14.9 Å². The molecule has 1 heterocycles. The molecule has 1 aromatic heterocycles. The third-order valence-electron chi connectivity index (χ3n) is 1.55. The van der Waals surface area contributed by atoms with Crippen LogP contribution < -0.4 is 5.32 Å². The van der Waals surface area contributed by atoms with Crippen molar-refractivity contribution in [3.8, 4) is 0 Å². The Kier molecular flexibility index (Phi) is 3.40. The Balaban J connectivity index is 2.62. The SMILES string of the molecule is CC(O)CNC(=O)c1ccc([N+](=O)[O-])o1. The molecule has 1 rings (SSSR count). The Bertz CT molecular complexity index is 371. The predicted octanol–water partition coefficient (Wildman–Crippen LogP) is 0.298. The van der Waals surface area contributed by atoms with Crippen LogP contribution in [0.2, 0.25) is 0 Å². The van der Waals surface area contributed by atoms with Crippen LogP contribution in [0.25, 0.3) is 0 Å². The molecule has 0 aliphatic carbocycles. The number of nitrogens with one attached hydrogen (secondary N) is 1. The number of aliphatic hydroxyl groups is 1. The van der Waals surface area contributed by atoms with Crippen LogP contribution in [0, 0.1) is 10.1 Å². The molecule has 0 saturated carbocycles. The van der Waals surface area contributed by atoms with Gasteiger partial charge in [0.1, 0.15) is 4.92 Å². The van der Waals surface area contributed by atoms with E-state index in [9.17, 15) is 14.9 Å². The predicted molar refractivity (Wildman–Crippen MR) is 49.4 cm³/mol. The summed E-state index contributed by atoms with van der Waals surface area (Å²) < 4.78 is 4.65. The van der Waals surface area contributed by atoms with Gasteiger partial charge in [-0.25, -0.2) is 0 Å². The van der Waals surface area contributed by atoms with Crippen LogP contribution >= 0.6 is 0 Å². The molecule has 0 spiro atoms. The van der Waals surface area contributed by atoms with Crippen LogP contribution in [0.5, 0.6) is 0 Å². The molecule has 1 amide bonds. The first kappa shape index (κ1) is 11.2. The van der Waals surface area contributed by atoms with E-state index in [1.54, 1.807) is 0 Å². The first-order valence-electron chi connectivity index (χ1n) is 4.21. The summed E-state index contributed by atoms with van der Waals surface area (Å²) in [6.45, 7) is 1.57. The number of nitrogens with zero attached hydrogens (tertiary/aromatic N) is 1. The monoisotopic (exact) mass is 214 g/mol. The number of carbonyl (C=O) groups excluding carboxylic acids is 1. The molecule has 0 aliphatic rings. The summed E-state index contributed by atoms with van der Waals surface area (Å²) in [5.41, 5.74) is 0. The van der Waals surface area contributed by atoms with E-state index in [1.807, 2.05) is 0 Å². The van der Waals surface area contributed by atoms with Crippen LogP contribution in [0.15, 0.2) is 16.5 Å². The summed E-state index contributed by atoms with van der Waals surface area (Å²) in [5.74, 6) is -1.23. The third-order valence-corrected chi connectivity index (χ3v) is 1.55. The van der Waals surface area contributed by atoms with E-state index in [4.69, 9.17) is 5.11 Å². The van der Waals surface area contributed by atoms with Gasteiger partial charge < -0.3 is 14.8 Å². The Hall–Kier alpha value is -1.89. The van der Waals surface area contributed by atoms with Crippen LogP contribution in [0.1, 0.15) is 17.5 Å². The molecule has 2 N–H and O–H groups in total. The maximum absolute atomic E-state index is 11.2. The van der Waals surface area contributed by atoms with Crippen LogP contribution in [0.4, 0.5) is 5.88 Å². The van der Waals surface area contributed by atoms with Crippen molar-refractivity contribution in [3.05, 3.63) is 28.0 Å². The molecule has 1 aromatic rings. The maximum atomic E-state index is 11.2. The van der Waals surface area contributed by atoms with Crippen molar-refractivity contribution >= 4 is 11.8 Å². The molecule has 82 valence electrons. The van der Waals surface area contributed by atoms with Crippen molar-refractivity contribution in [2.45, 2.75) is 13.0 Å². The smallest absolute Gasteiger partial charge is 0.395 e. The molecule has 1 unspecified atom stereocenters. The highest BCUT2D eigenvalue weighted by Crippen LogP contribution is 2.15. The van der Waals surface area contributed by atoms with E-state index >= 15 is 0 Å². The van der Waals surface area contributed by atoms with Gasteiger partial charge in [0.2, 0.25) is 0 Å². The topological polar surface area (TPSA) is 106 Å². The van der Waals surface area contributed by atoms with Gasteiger partial charge in [-0.2, -0.15) is 0 Å². The van der Waals surface area contributed by atoms with Crippen molar-refractivity contribution in [1.29, 1.82) is 0 Å². The Morgan fingerprint density at radius 2 is 2.40 bits per heavy atom. The van der Waals surface area contributed by atoms with Crippen molar-refractivity contribution in [3.63, 3.8) is 0 Å². The number of hydrogen-bond donors (Lipinski definition) is 2. The largest absolute Gasteiger partial charge is 0.433 e. The van der Waals surface area contributed by atoms with Gasteiger partial charge in [0.15, 0.2) is 5.76 Å². The van der Waals surface area contributed by atoms with E-state index in [0.717, 1.165) is 6.07 Å². The standard InChI is InChI=1S/C8H10N2O5/c1-5(11)4-9-8(12)6-2-3-7(15-6)10(13)14/h2-3,5,11H,4H2,1H3,(H,9,12). The average molecular weight is 214 g/mol. The zero-order valence-corrected chi connectivity index (χ0v) is 7.97. The Morgan fingerprint density at radius 1 is 1.73 bits per heavy atom. The molecular formula is C8H10N2O5. The summed E-state index contributed by atoms with van der Waals surface area (Å²) in [5, 5.41) is 21.5. The second-order valence-electron chi connectivity index (χ2n) is 2.95. The van der Waals surface area contributed by atoms with Crippen molar-refractivity contribution in [1.82, 2.24) is 5.32 Å². The number of furan rings is 1. The zero-order chi connectivity index (χ0) is 11.4. The summed E-state index contributed by atoms with van der Waals surface area (Å²) in [4.78, 5) is 20.8. The van der Waals surface area contributed by atoms with Crippen molar-refractivity contribution in [2.75, 3.05) is 6.54 Å². The molecule has 0 aromatic carbocycles. The first-order valence-corrected chi connectivity index (χ1v) is 4.21. The zero-order valence-electron chi connectivity index (χ0n) is 7.97. The maximum Gasteiger partial charge on any atom is 0.433 e. The van der Waals surface area contributed by atoms with Crippen LogP contribution in [-0.4, -0.2) is 28.6 Å². The van der Waals surface area contributed by atoms with Gasteiger partial charge in [-0.05, 0) is 13.0 Å². The number of aliphatic hydroxyl groups excluding tert-OH is 1. The quantitative estimate of drug-likeness (QED) is 0.553. The van der Waals surface area contributed by atoms with E-state index in [1.165, 1.54) is 13.0 Å². The lowest BCUT2D eigenvalue weighted by atomic mass is 10.3. The fraction of sp³-hybridized carbons (Fsp3) is 0.375. The Morgan fingerprint density at radius 3 is 2.87 bits per heavy atom. The van der Waals surface area contributed by atoms with Gasteiger partial charge in [0.25, 0.3) is 5.91 Å². The van der Waals surface area contributed by atoms with E-state index in [0.29, 0.717) is 0 Å². The van der Waals surface area contributed by atoms with E-state index in [-0.39, 0.29) is 12.3 Å². The highest BCUT2D eigenvalue weighted by Gasteiger charge is 2.16. The number of carbonyl (C=O) groups is 1. The fourth-order valence-electron chi connectivity index (χ4n) is 0.875. The Labute approximate surface area is 84.8 Å². The highest BCUT2D eigenvalue weighted by molar-refractivity contribution is 5.91. The first-order chi connectivity index (χ1) is 7.00. The van der Waals surface area contributed by atoms with Crippen LogP contribution in [-0.2, 0) is 0 Å². The summed E-state index contributed by atoms with van der Waals surface area (Å²) in [7, 11) is 0. The second kappa shape index (κ2) is 4.56. The van der Waals surface area contributed by atoms with E-state index in [2.05, 4.69) is 9.73 Å². The minimum atomic E-state index is -0.731. The van der Waals surface area contributed by atoms with E-state index < -0.39 is 22.8 Å². The summed E-state index contributed by atoms with van der Waals surface area (Å²) >= 11 is 0. The minimum absolute atomic E-state index is 0.0628. The molecule has 0 fully saturated rings. The lowest BCUT2D eigenvalue weighted by Gasteiger charge is -2.04. The van der Waals surface area contributed by atoms with Gasteiger partial charge in [0, 0.05) is 6.54 Å². The number of hydrogen-bond acceptors (Lipinski definition) is 5. The molecule has 7 nitrogen and oxygen atoms in total. The van der Waals surface area contributed by atoms with Gasteiger partial charge in [0.05, 0.1) is 12.2 Å². The molecular weight excluding hydrogens is 204 g/mol. The molecule has 0 radical (unpaired) electrons. The van der Waals surface area contributed by atoms with Crippen molar-refractivity contribution < 1.29 is 19.2 Å². The average Bonchev–Trinajstić information content (AvgIpc) is 2.62. The number of rotatable bonds is 4. The molecule has 7 heteroatoms. The lowest BCUT2D eigenvalue weighted by Crippen LogP contribution is -2.30. The van der Waals surface area contributed by atoms with Crippen molar-refractivity contribution in [2.24, 2.45) is 0 Å². The molecule has 0 saturated heterocycles. The third kappa shape index (κ3) is 3.06. The fourth-order valence-corrected chi connectivity index (χ4v) is 0.875. The van der Waals surface area contributed by atoms with Gasteiger partial charge in [-0.15, -0.1) is 0 Å². The molecule has 0 aliphatic heterocycles. The summed E-state index contributed by atoms with van der Waals surface area (Å²) in [6.07, 6.45) is -0.682. The molecule has 1 atom stereocenters. The molecule has 15 heavy (non-hydrogen) atoms. The molecule has 0 bridgehead atoms. The van der Waals surface area contributed by atoms with Crippen LogP contribution in [0.3, 0.4) is 0 Å². The lowest BCUT2D eigenvalue weighted by molar-refractivity contribution is -0.402. The van der Waals surface area contributed by atoms with Gasteiger partial charge >= 0.3 is 5.88 Å². The normalized spacial score (nSPS) is 12.1. The minimum Gasteiger partial charge on any atom is -0.395 e.